The van der Waals surface area contributed by atoms with Gasteiger partial charge in [0.1, 0.15) is 5.82 Å². The van der Waals surface area contributed by atoms with Gasteiger partial charge in [-0.15, -0.1) is 0 Å². The highest BCUT2D eigenvalue weighted by atomic mass is 15.3. The van der Waals surface area contributed by atoms with E-state index >= 15 is 0 Å². The highest BCUT2D eigenvalue weighted by Crippen LogP contribution is 2.24. The third-order valence-corrected chi connectivity index (χ3v) is 3.52. The molecule has 0 atom stereocenters. The zero-order valence-electron chi connectivity index (χ0n) is 13.1. The van der Waals surface area contributed by atoms with E-state index in [1.807, 2.05) is 45.1 Å². The van der Waals surface area contributed by atoms with Crippen molar-refractivity contribution in [3.8, 4) is 0 Å². The van der Waals surface area contributed by atoms with Crippen molar-refractivity contribution in [2.45, 2.75) is 52.0 Å². The average molecular weight is 264 g/mol. The lowest BCUT2D eigenvalue weighted by Crippen LogP contribution is -2.34. The minimum Gasteiger partial charge on any atom is -0.363 e. The molecular formula is C15H28N4. The topological polar surface area (TPSA) is 32.3 Å². The summed E-state index contributed by atoms with van der Waals surface area (Å²) in [4.78, 5) is 13.2. The van der Waals surface area contributed by atoms with Crippen molar-refractivity contribution in [1.82, 2.24) is 9.97 Å². The summed E-state index contributed by atoms with van der Waals surface area (Å²) < 4.78 is 0. The second-order valence-electron chi connectivity index (χ2n) is 5.01. The first-order valence-corrected chi connectivity index (χ1v) is 7.41. The van der Waals surface area contributed by atoms with Crippen LogP contribution in [0.5, 0.6) is 0 Å². The molecule has 1 aliphatic rings. The summed E-state index contributed by atoms with van der Waals surface area (Å²) in [5, 5.41) is 0. The summed E-state index contributed by atoms with van der Waals surface area (Å²) in [6.07, 6.45) is 8.43. The van der Waals surface area contributed by atoms with Crippen LogP contribution in [0.15, 0.2) is 12.3 Å². The van der Waals surface area contributed by atoms with E-state index in [1.165, 1.54) is 32.1 Å². The van der Waals surface area contributed by atoms with E-state index in [0.29, 0.717) is 6.04 Å². The summed E-state index contributed by atoms with van der Waals surface area (Å²) >= 11 is 0. The molecule has 19 heavy (non-hydrogen) atoms. The molecule has 1 aliphatic carbocycles. The van der Waals surface area contributed by atoms with E-state index in [1.54, 1.807) is 0 Å². The van der Waals surface area contributed by atoms with Gasteiger partial charge in [0.25, 0.3) is 0 Å². The first-order chi connectivity index (χ1) is 9.18. The summed E-state index contributed by atoms with van der Waals surface area (Å²) in [7, 11) is 6.13. The lowest BCUT2D eigenvalue weighted by atomic mass is 9.95. The minimum absolute atomic E-state index is 0.612. The van der Waals surface area contributed by atoms with Crippen LogP contribution in [-0.4, -0.2) is 37.2 Å². The monoisotopic (exact) mass is 264 g/mol. The predicted molar refractivity (Wildman–Crippen MR) is 83.0 cm³/mol. The highest BCUT2D eigenvalue weighted by Gasteiger charge is 2.20. The van der Waals surface area contributed by atoms with Gasteiger partial charge in [0.2, 0.25) is 5.95 Å². The fraction of sp³-hybridized carbons (Fsp3) is 0.733. The van der Waals surface area contributed by atoms with Crippen molar-refractivity contribution in [3.63, 3.8) is 0 Å². The van der Waals surface area contributed by atoms with Crippen molar-refractivity contribution >= 4 is 11.8 Å². The van der Waals surface area contributed by atoms with Crippen molar-refractivity contribution in [1.29, 1.82) is 0 Å². The molecule has 0 aliphatic heterocycles. The molecule has 1 saturated carbocycles. The highest BCUT2D eigenvalue weighted by molar-refractivity contribution is 5.42. The standard InChI is InChI=1S/C13H22N4.C2H6/c1-16(2)12-9-10-14-13(15-12)17(3)11-7-5-4-6-8-11;1-2/h9-11H,4-8H2,1-3H3;1-2H3. The van der Waals surface area contributed by atoms with Crippen LogP contribution < -0.4 is 9.80 Å². The molecule has 1 aromatic heterocycles. The Labute approximate surface area is 117 Å². The summed E-state index contributed by atoms with van der Waals surface area (Å²) in [5.41, 5.74) is 0. The molecule has 0 unspecified atom stereocenters. The second kappa shape index (κ2) is 7.97. The van der Waals surface area contributed by atoms with E-state index < -0.39 is 0 Å². The fourth-order valence-electron chi connectivity index (χ4n) is 2.39. The Hall–Kier alpha value is -1.32. The summed E-state index contributed by atoms with van der Waals surface area (Å²) in [6, 6.07) is 2.55. The SMILES string of the molecule is CC.CN(C)c1ccnc(N(C)C2CCCCC2)n1. The maximum absolute atomic E-state index is 4.59. The van der Waals surface area contributed by atoms with Crippen molar-refractivity contribution in [2.24, 2.45) is 0 Å². The molecule has 1 fully saturated rings. The molecule has 0 amide bonds. The van der Waals surface area contributed by atoms with Gasteiger partial charge in [0, 0.05) is 33.4 Å². The molecule has 0 radical (unpaired) electrons. The Morgan fingerprint density at radius 1 is 1.05 bits per heavy atom. The Morgan fingerprint density at radius 3 is 2.26 bits per heavy atom. The van der Waals surface area contributed by atoms with Crippen molar-refractivity contribution in [3.05, 3.63) is 12.3 Å². The van der Waals surface area contributed by atoms with E-state index in [9.17, 15) is 0 Å². The maximum Gasteiger partial charge on any atom is 0.227 e. The quantitative estimate of drug-likeness (QED) is 0.838. The minimum atomic E-state index is 0.612. The molecule has 1 heterocycles. The van der Waals surface area contributed by atoms with Crippen molar-refractivity contribution < 1.29 is 0 Å². The third kappa shape index (κ3) is 4.37. The Balaban J connectivity index is 0.000000861. The lowest BCUT2D eigenvalue weighted by Gasteiger charge is -2.31. The van der Waals surface area contributed by atoms with Crippen molar-refractivity contribution in [2.75, 3.05) is 30.9 Å². The van der Waals surface area contributed by atoms with Gasteiger partial charge >= 0.3 is 0 Å². The first-order valence-electron chi connectivity index (χ1n) is 7.41. The zero-order chi connectivity index (χ0) is 14.3. The largest absolute Gasteiger partial charge is 0.363 e. The zero-order valence-corrected chi connectivity index (χ0v) is 13.1. The number of aromatic nitrogens is 2. The summed E-state index contributed by atoms with van der Waals surface area (Å²) in [6.45, 7) is 4.00. The van der Waals surface area contributed by atoms with Crippen LogP contribution >= 0.6 is 0 Å². The Morgan fingerprint density at radius 2 is 1.68 bits per heavy atom. The molecule has 0 bridgehead atoms. The average Bonchev–Trinajstić information content (AvgIpc) is 2.49. The van der Waals surface area contributed by atoms with Gasteiger partial charge < -0.3 is 9.80 Å². The van der Waals surface area contributed by atoms with Crippen LogP contribution in [0, 0.1) is 0 Å². The maximum atomic E-state index is 4.59. The van der Waals surface area contributed by atoms with Crippen LogP contribution in [0.3, 0.4) is 0 Å². The summed E-state index contributed by atoms with van der Waals surface area (Å²) in [5.74, 6) is 1.82. The molecule has 4 heteroatoms. The van der Waals surface area contributed by atoms with Gasteiger partial charge in [0.15, 0.2) is 0 Å². The van der Waals surface area contributed by atoms with E-state index in [-0.39, 0.29) is 0 Å². The molecular weight excluding hydrogens is 236 g/mol. The van der Waals surface area contributed by atoms with Crippen LogP contribution in [0.4, 0.5) is 11.8 Å². The van der Waals surface area contributed by atoms with Crippen LogP contribution in [0.25, 0.3) is 0 Å². The lowest BCUT2D eigenvalue weighted by molar-refractivity contribution is 0.424. The molecule has 0 aromatic carbocycles. The van der Waals surface area contributed by atoms with E-state index in [4.69, 9.17) is 0 Å². The van der Waals surface area contributed by atoms with Gasteiger partial charge in [0.05, 0.1) is 0 Å². The number of rotatable bonds is 3. The molecule has 0 spiro atoms. The van der Waals surface area contributed by atoms with E-state index in [0.717, 1.165) is 11.8 Å². The second-order valence-corrected chi connectivity index (χ2v) is 5.01. The predicted octanol–water partition coefficient (Wildman–Crippen LogP) is 3.34. The van der Waals surface area contributed by atoms with Crippen LogP contribution in [0.1, 0.15) is 46.0 Å². The van der Waals surface area contributed by atoms with Crippen LogP contribution in [-0.2, 0) is 0 Å². The molecule has 2 rings (SSSR count). The normalized spacial score (nSPS) is 15.4. The third-order valence-electron chi connectivity index (χ3n) is 3.52. The smallest absolute Gasteiger partial charge is 0.227 e. The fourth-order valence-corrected chi connectivity index (χ4v) is 2.39. The molecule has 0 saturated heterocycles. The van der Waals surface area contributed by atoms with Gasteiger partial charge in [-0.05, 0) is 18.9 Å². The Bertz CT molecular complexity index is 359. The van der Waals surface area contributed by atoms with Gasteiger partial charge in [-0.3, -0.25) is 0 Å². The molecule has 108 valence electrons. The Kier molecular flexibility index (Phi) is 6.60. The number of nitrogens with zero attached hydrogens (tertiary/aromatic N) is 4. The molecule has 4 nitrogen and oxygen atoms in total. The van der Waals surface area contributed by atoms with Crippen LogP contribution in [0.2, 0.25) is 0 Å². The first kappa shape index (κ1) is 15.7. The molecule has 1 aromatic rings. The van der Waals surface area contributed by atoms with Gasteiger partial charge in [-0.1, -0.05) is 33.1 Å². The number of hydrogen-bond acceptors (Lipinski definition) is 4. The number of anilines is 2. The van der Waals surface area contributed by atoms with E-state index in [2.05, 4.69) is 21.9 Å². The van der Waals surface area contributed by atoms with Gasteiger partial charge in [-0.25, -0.2) is 4.98 Å². The number of hydrogen-bond donors (Lipinski definition) is 0. The molecule has 0 N–H and O–H groups in total. The van der Waals surface area contributed by atoms with Gasteiger partial charge in [-0.2, -0.15) is 4.98 Å².